The van der Waals surface area contributed by atoms with E-state index in [4.69, 9.17) is 0 Å². The molecule has 1 aliphatic heterocycles. The van der Waals surface area contributed by atoms with Gasteiger partial charge in [0.2, 0.25) is 0 Å². The minimum Gasteiger partial charge on any atom is -0.314 e. The summed E-state index contributed by atoms with van der Waals surface area (Å²) in [4.78, 5) is 5.14. The van der Waals surface area contributed by atoms with Crippen LogP contribution in [-0.2, 0) is 0 Å². The number of hydrogen-bond donors (Lipinski definition) is 1. The third-order valence-electron chi connectivity index (χ3n) is 4.59. The second-order valence-corrected chi connectivity index (χ2v) is 5.92. The molecule has 1 saturated heterocycles. The first-order valence-corrected chi connectivity index (χ1v) is 7.38. The summed E-state index contributed by atoms with van der Waals surface area (Å²) in [6.45, 7) is 4.74. The first kappa shape index (κ1) is 13.3. The Hall–Kier alpha value is -0.120. The van der Waals surface area contributed by atoms with Crippen LogP contribution in [0.1, 0.15) is 38.5 Å². The minimum atomic E-state index is 0.706. The van der Waals surface area contributed by atoms with Gasteiger partial charge in [0.25, 0.3) is 0 Å². The van der Waals surface area contributed by atoms with E-state index in [1.54, 1.807) is 0 Å². The van der Waals surface area contributed by atoms with Gasteiger partial charge in [-0.2, -0.15) is 0 Å². The van der Waals surface area contributed by atoms with Crippen molar-refractivity contribution in [3.8, 4) is 0 Å². The summed E-state index contributed by atoms with van der Waals surface area (Å²) in [7, 11) is 4.60. The molecule has 1 heterocycles. The van der Waals surface area contributed by atoms with Gasteiger partial charge in [-0.25, -0.2) is 0 Å². The zero-order valence-corrected chi connectivity index (χ0v) is 11.6. The van der Waals surface area contributed by atoms with Crippen LogP contribution in [0.25, 0.3) is 0 Å². The molecule has 1 atom stereocenters. The number of rotatable bonds is 3. The van der Waals surface area contributed by atoms with E-state index in [9.17, 15) is 0 Å². The third-order valence-corrected chi connectivity index (χ3v) is 4.59. The summed E-state index contributed by atoms with van der Waals surface area (Å²) in [5.74, 6) is 0. The van der Waals surface area contributed by atoms with Gasteiger partial charge in [0.05, 0.1) is 0 Å². The molecule has 1 unspecified atom stereocenters. The maximum absolute atomic E-state index is 3.52. The molecule has 2 aliphatic rings. The quantitative estimate of drug-likeness (QED) is 0.754. The number of nitrogens with zero attached hydrogens (tertiary/aromatic N) is 2. The molecule has 17 heavy (non-hydrogen) atoms. The topological polar surface area (TPSA) is 18.5 Å². The fraction of sp³-hybridized carbons (Fsp3) is 1.00. The largest absolute Gasteiger partial charge is 0.314 e. The van der Waals surface area contributed by atoms with Crippen LogP contribution in [0.4, 0.5) is 0 Å². The Morgan fingerprint density at radius 2 is 1.88 bits per heavy atom. The van der Waals surface area contributed by atoms with Gasteiger partial charge < -0.3 is 10.2 Å². The van der Waals surface area contributed by atoms with E-state index >= 15 is 0 Å². The highest BCUT2D eigenvalue weighted by Gasteiger charge is 2.23. The first-order valence-electron chi connectivity index (χ1n) is 7.38. The summed E-state index contributed by atoms with van der Waals surface area (Å²) < 4.78 is 0. The van der Waals surface area contributed by atoms with Crippen molar-refractivity contribution in [2.75, 3.05) is 40.3 Å². The van der Waals surface area contributed by atoms with Gasteiger partial charge in [-0.15, -0.1) is 0 Å². The van der Waals surface area contributed by atoms with Crippen molar-refractivity contribution >= 4 is 0 Å². The van der Waals surface area contributed by atoms with Crippen molar-refractivity contribution in [2.45, 2.75) is 50.6 Å². The number of hydrogen-bond acceptors (Lipinski definition) is 3. The molecule has 0 aromatic carbocycles. The standard InChI is InChI=1S/C14H29N3/c1-16-10-9-15-11-14(16)12-17(2)13-7-5-3-4-6-8-13/h13-15H,3-12H2,1-2H3. The maximum atomic E-state index is 3.52. The predicted molar refractivity (Wildman–Crippen MR) is 73.4 cm³/mol. The van der Waals surface area contributed by atoms with Crippen molar-refractivity contribution in [3.05, 3.63) is 0 Å². The van der Waals surface area contributed by atoms with Crippen LogP contribution in [0.5, 0.6) is 0 Å². The molecule has 100 valence electrons. The van der Waals surface area contributed by atoms with E-state index in [1.165, 1.54) is 51.6 Å². The molecule has 1 aliphatic carbocycles. The van der Waals surface area contributed by atoms with Gasteiger partial charge in [-0.05, 0) is 26.9 Å². The molecule has 2 fully saturated rings. The normalized spacial score (nSPS) is 29.5. The van der Waals surface area contributed by atoms with Gasteiger partial charge in [-0.3, -0.25) is 4.90 Å². The van der Waals surface area contributed by atoms with Crippen molar-refractivity contribution in [2.24, 2.45) is 0 Å². The lowest BCUT2D eigenvalue weighted by molar-refractivity contribution is 0.123. The van der Waals surface area contributed by atoms with Crippen LogP contribution < -0.4 is 5.32 Å². The van der Waals surface area contributed by atoms with Gasteiger partial charge in [-0.1, -0.05) is 25.7 Å². The predicted octanol–water partition coefficient (Wildman–Crippen LogP) is 1.54. The SMILES string of the molecule is CN1CCNCC1CN(C)C1CCCCCC1. The highest BCUT2D eigenvalue weighted by Crippen LogP contribution is 2.21. The molecule has 3 nitrogen and oxygen atoms in total. The van der Waals surface area contributed by atoms with Crippen LogP contribution in [0.2, 0.25) is 0 Å². The summed E-state index contributed by atoms with van der Waals surface area (Å²) in [6.07, 6.45) is 8.62. The Morgan fingerprint density at radius 3 is 2.53 bits per heavy atom. The number of likely N-dealkylation sites (N-methyl/N-ethyl adjacent to an activating group) is 2. The molecule has 0 aromatic rings. The van der Waals surface area contributed by atoms with Crippen LogP contribution in [0, 0.1) is 0 Å². The van der Waals surface area contributed by atoms with E-state index < -0.39 is 0 Å². The second-order valence-electron chi connectivity index (χ2n) is 5.92. The zero-order valence-electron chi connectivity index (χ0n) is 11.6. The van der Waals surface area contributed by atoms with Gasteiger partial charge in [0.15, 0.2) is 0 Å². The summed E-state index contributed by atoms with van der Waals surface area (Å²) in [5, 5.41) is 3.52. The molecule has 1 N–H and O–H groups in total. The van der Waals surface area contributed by atoms with Crippen LogP contribution >= 0.6 is 0 Å². The Morgan fingerprint density at radius 1 is 1.18 bits per heavy atom. The van der Waals surface area contributed by atoms with Crippen LogP contribution in [0.3, 0.4) is 0 Å². The molecule has 2 rings (SSSR count). The maximum Gasteiger partial charge on any atom is 0.0345 e. The van der Waals surface area contributed by atoms with Crippen LogP contribution in [-0.4, -0.2) is 62.2 Å². The van der Waals surface area contributed by atoms with Crippen LogP contribution in [0.15, 0.2) is 0 Å². The Bertz CT molecular complexity index is 212. The van der Waals surface area contributed by atoms with Crippen molar-refractivity contribution < 1.29 is 0 Å². The molecule has 0 bridgehead atoms. The van der Waals surface area contributed by atoms with E-state index in [-0.39, 0.29) is 0 Å². The number of piperazine rings is 1. The van der Waals surface area contributed by atoms with E-state index in [2.05, 4.69) is 29.2 Å². The summed E-state index contributed by atoms with van der Waals surface area (Å²) >= 11 is 0. The van der Waals surface area contributed by atoms with Gasteiger partial charge in [0, 0.05) is 38.3 Å². The molecular formula is C14H29N3. The van der Waals surface area contributed by atoms with Crippen molar-refractivity contribution in [1.29, 1.82) is 0 Å². The van der Waals surface area contributed by atoms with E-state index in [0.717, 1.165) is 19.1 Å². The van der Waals surface area contributed by atoms with Crippen molar-refractivity contribution in [1.82, 2.24) is 15.1 Å². The lowest BCUT2D eigenvalue weighted by atomic mass is 10.1. The highest BCUT2D eigenvalue weighted by atomic mass is 15.2. The molecule has 0 radical (unpaired) electrons. The average molecular weight is 239 g/mol. The molecule has 0 aromatic heterocycles. The Labute approximate surface area is 107 Å². The van der Waals surface area contributed by atoms with E-state index in [0.29, 0.717) is 6.04 Å². The molecule has 3 heteroatoms. The monoisotopic (exact) mass is 239 g/mol. The Kier molecular flexibility index (Phi) is 5.26. The summed E-state index contributed by atoms with van der Waals surface area (Å²) in [6, 6.07) is 1.55. The van der Waals surface area contributed by atoms with E-state index in [1.807, 2.05) is 0 Å². The molecule has 0 spiro atoms. The van der Waals surface area contributed by atoms with Crippen molar-refractivity contribution in [3.63, 3.8) is 0 Å². The molecule has 0 amide bonds. The smallest absolute Gasteiger partial charge is 0.0345 e. The molecule has 1 saturated carbocycles. The third kappa shape index (κ3) is 3.94. The fourth-order valence-corrected chi connectivity index (χ4v) is 3.25. The lowest BCUT2D eigenvalue weighted by Gasteiger charge is -2.38. The Balaban J connectivity index is 1.79. The van der Waals surface area contributed by atoms with Gasteiger partial charge in [0.1, 0.15) is 0 Å². The zero-order chi connectivity index (χ0) is 12.1. The highest BCUT2D eigenvalue weighted by molar-refractivity contribution is 4.82. The fourth-order valence-electron chi connectivity index (χ4n) is 3.25. The van der Waals surface area contributed by atoms with Gasteiger partial charge >= 0.3 is 0 Å². The first-order chi connectivity index (χ1) is 8.27. The summed E-state index contributed by atoms with van der Waals surface area (Å²) in [5.41, 5.74) is 0. The molecular weight excluding hydrogens is 210 g/mol. The average Bonchev–Trinajstić information content (AvgIpc) is 2.61. The second kappa shape index (κ2) is 6.72. The minimum absolute atomic E-state index is 0.706. The lowest BCUT2D eigenvalue weighted by Crippen LogP contribution is -2.54. The number of nitrogens with one attached hydrogen (secondary N) is 1.